The van der Waals surface area contributed by atoms with E-state index in [-0.39, 0.29) is 16.5 Å². The predicted molar refractivity (Wildman–Crippen MR) is 108 cm³/mol. The van der Waals surface area contributed by atoms with Gasteiger partial charge in [0.25, 0.3) is 0 Å². The standard InChI is InChI=1S/C18H30ClNO3SSi/c1-8-16(19)17(23-25(6,7)18(3,4)5)13-20-24(21,22)15-11-9-14(2)10-12-15/h8-12,16-17,20H,1,13H2,2-7H3/t16-,17+/m1/s1. The molecule has 1 aromatic carbocycles. The van der Waals surface area contributed by atoms with E-state index in [2.05, 4.69) is 45.2 Å². The maximum Gasteiger partial charge on any atom is 0.240 e. The van der Waals surface area contributed by atoms with Gasteiger partial charge in [-0.05, 0) is 37.2 Å². The highest BCUT2D eigenvalue weighted by Crippen LogP contribution is 2.38. The van der Waals surface area contributed by atoms with E-state index >= 15 is 0 Å². The van der Waals surface area contributed by atoms with Crippen LogP contribution in [0.15, 0.2) is 41.8 Å². The van der Waals surface area contributed by atoms with Crippen molar-refractivity contribution in [1.82, 2.24) is 4.72 Å². The van der Waals surface area contributed by atoms with Gasteiger partial charge in [-0.3, -0.25) is 0 Å². The molecule has 2 atom stereocenters. The van der Waals surface area contributed by atoms with Crippen LogP contribution in [0.4, 0.5) is 0 Å². The predicted octanol–water partition coefficient (Wildman–Crippen LogP) is 4.46. The first-order valence-corrected chi connectivity index (χ1v) is 13.1. The number of aryl methyl sites for hydroxylation is 1. The molecular formula is C18H30ClNO3SSi. The number of rotatable bonds is 8. The third-order valence-electron chi connectivity index (χ3n) is 4.64. The van der Waals surface area contributed by atoms with E-state index in [0.717, 1.165) is 5.56 Å². The van der Waals surface area contributed by atoms with Gasteiger partial charge in [0, 0.05) is 6.54 Å². The fourth-order valence-electron chi connectivity index (χ4n) is 1.92. The third-order valence-corrected chi connectivity index (χ3v) is 11.0. The van der Waals surface area contributed by atoms with Gasteiger partial charge in [0.1, 0.15) is 0 Å². The maximum absolute atomic E-state index is 12.5. The summed E-state index contributed by atoms with van der Waals surface area (Å²) in [5.74, 6) is 0. The van der Waals surface area contributed by atoms with E-state index in [1.54, 1.807) is 30.3 Å². The van der Waals surface area contributed by atoms with Crippen LogP contribution in [0.2, 0.25) is 18.1 Å². The van der Waals surface area contributed by atoms with Gasteiger partial charge in [-0.2, -0.15) is 0 Å². The van der Waals surface area contributed by atoms with E-state index < -0.39 is 29.8 Å². The minimum absolute atomic E-state index is 0.00113. The van der Waals surface area contributed by atoms with Crippen molar-refractivity contribution in [3.05, 3.63) is 42.5 Å². The van der Waals surface area contributed by atoms with Crippen molar-refractivity contribution in [3.63, 3.8) is 0 Å². The molecule has 0 fully saturated rings. The average Bonchev–Trinajstić information content (AvgIpc) is 2.50. The first-order valence-electron chi connectivity index (χ1n) is 8.31. The van der Waals surface area contributed by atoms with E-state index in [0.29, 0.717) is 0 Å². The fourth-order valence-corrected chi connectivity index (χ4v) is 4.53. The Morgan fingerprint density at radius 2 is 1.80 bits per heavy atom. The first-order chi connectivity index (χ1) is 11.3. The molecule has 0 spiro atoms. The van der Waals surface area contributed by atoms with Crippen molar-refractivity contribution in [1.29, 1.82) is 0 Å². The molecule has 0 radical (unpaired) electrons. The van der Waals surface area contributed by atoms with Gasteiger partial charge in [-0.15, -0.1) is 18.2 Å². The summed E-state index contributed by atoms with van der Waals surface area (Å²) in [5.41, 5.74) is 1.01. The number of nitrogens with one attached hydrogen (secondary N) is 1. The van der Waals surface area contributed by atoms with Crippen LogP contribution in [0.5, 0.6) is 0 Å². The van der Waals surface area contributed by atoms with Gasteiger partial charge in [0.05, 0.1) is 16.4 Å². The molecule has 7 heteroatoms. The Labute approximate surface area is 158 Å². The summed E-state index contributed by atoms with van der Waals surface area (Å²) in [6, 6.07) is 6.72. The number of sulfonamides is 1. The molecule has 0 aliphatic rings. The van der Waals surface area contributed by atoms with Crippen molar-refractivity contribution in [2.45, 2.75) is 62.2 Å². The van der Waals surface area contributed by atoms with Crippen molar-refractivity contribution < 1.29 is 12.8 Å². The fraction of sp³-hybridized carbons (Fsp3) is 0.556. The van der Waals surface area contributed by atoms with Gasteiger partial charge < -0.3 is 4.43 Å². The first kappa shape index (κ1) is 22.4. The molecule has 0 saturated heterocycles. The maximum atomic E-state index is 12.5. The second-order valence-corrected chi connectivity index (χ2v) is 14.8. The van der Waals surface area contributed by atoms with Crippen LogP contribution in [0, 0.1) is 6.92 Å². The van der Waals surface area contributed by atoms with E-state index in [9.17, 15) is 8.42 Å². The summed E-state index contributed by atoms with van der Waals surface area (Å²) in [6.07, 6.45) is 1.11. The summed E-state index contributed by atoms with van der Waals surface area (Å²) >= 11 is 6.33. The molecule has 25 heavy (non-hydrogen) atoms. The molecule has 4 nitrogen and oxygen atoms in total. The molecule has 0 aliphatic carbocycles. The van der Waals surface area contributed by atoms with Crippen LogP contribution in [0.3, 0.4) is 0 Å². The van der Waals surface area contributed by atoms with Gasteiger partial charge in [0.2, 0.25) is 10.0 Å². The van der Waals surface area contributed by atoms with E-state index in [4.69, 9.17) is 16.0 Å². The number of benzene rings is 1. The minimum atomic E-state index is -3.61. The Morgan fingerprint density at radius 1 is 1.28 bits per heavy atom. The van der Waals surface area contributed by atoms with Gasteiger partial charge in [0.15, 0.2) is 8.32 Å². The molecule has 0 heterocycles. The molecule has 1 N–H and O–H groups in total. The average molecular weight is 404 g/mol. The molecule has 0 aromatic heterocycles. The Bertz CT molecular complexity index is 681. The summed E-state index contributed by atoms with van der Waals surface area (Å²) in [4.78, 5) is 0.230. The second kappa shape index (κ2) is 8.35. The molecule has 0 unspecified atom stereocenters. The van der Waals surface area contributed by atoms with Crippen LogP contribution >= 0.6 is 11.6 Å². The van der Waals surface area contributed by atoms with Crippen molar-refractivity contribution in [3.8, 4) is 0 Å². The lowest BCUT2D eigenvalue weighted by atomic mass is 10.2. The Kier molecular flexibility index (Phi) is 7.48. The smallest absolute Gasteiger partial charge is 0.240 e. The third kappa shape index (κ3) is 6.22. The summed E-state index contributed by atoms with van der Waals surface area (Å²) in [6.45, 7) is 16.3. The van der Waals surface area contributed by atoms with Crippen LogP contribution < -0.4 is 4.72 Å². The van der Waals surface area contributed by atoms with Crippen LogP contribution in [0.25, 0.3) is 0 Å². The van der Waals surface area contributed by atoms with Gasteiger partial charge >= 0.3 is 0 Å². The zero-order chi connectivity index (χ0) is 19.5. The van der Waals surface area contributed by atoms with Crippen LogP contribution in [-0.2, 0) is 14.4 Å². The lowest BCUT2D eigenvalue weighted by Gasteiger charge is -2.40. The second-order valence-electron chi connectivity index (χ2n) is 7.76. The zero-order valence-electron chi connectivity index (χ0n) is 16.0. The number of hydrogen-bond donors (Lipinski definition) is 1. The Hall–Kier alpha value is -0.663. The summed E-state index contributed by atoms with van der Waals surface area (Å²) < 4.78 is 33.9. The SMILES string of the molecule is C=C[C@@H](Cl)[C@H](CNS(=O)(=O)c1ccc(C)cc1)O[Si](C)(C)C(C)(C)C. The highest BCUT2D eigenvalue weighted by Gasteiger charge is 2.40. The summed E-state index contributed by atoms with van der Waals surface area (Å²) in [5, 5.41) is -0.478. The highest BCUT2D eigenvalue weighted by atomic mass is 35.5. The largest absolute Gasteiger partial charge is 0.411 e. The Morgan fingerprint density at radius 3 is 2.24 bits per heavy atom. The Balaban J connectivity index is 2.93. The van der Waals surface area contributed by atoms with E-state index in [1.807, 2.05) is 6.92 Å². The van der Waals surface area contributed by atoms with Crippen LogP contribution in [0.1, 0.15) is 26.3 Å². The number of hydrogen-bond acceptors (Lipinski definition) is 3. The van der Waals surface area contributed by atoms with Crippen molar-refractivity contribution >= 4 is 29.9 Å². The molecule has 0 aliphatic heterocycles. The molecule has 0 saturated carbocycles. The highest BCUT2D eigenvalue weighted by molar-refractivity contribution is 7.89. The molecule has 1 rings (SSSR count). The summed E-state index contributed by atoms with van der Waals surface area (Å²) in [7, 11) is -5.71. The van der Waals surface area contributed by atoms with Crippen molar-refractivity contribution in [2.75, 3.05) is 6.54 Å². The van der Waals surface area contributed by atoms with Gasteiger partial charge in [-0.1, -0.05) is 44.5 Å². The van der Waals surface area contributed by atoms with E-state index in [1.165, 1.54) is 0 Å². The number of alkyl halides is 1. The molecule has 0 bridgehead atoms. The van der Waals surface area contributed by atoms with Crippen LogP contribution in [-0.4, -0.2) is 34.8 Å². The quantitative estimate of drug-likeness (QED) is 0.396. The minimum Gasteiger partial charge on any atom is -0.411 e. The topological polar surface area (TPSA) is 55.4 Å². The monoisotopic (exact) mass is 403 g/mol. The lowest BCUT2D eigenvalue weighted by molar-refractivity contribution is 0.189. The number of halogens is 1. The zero-order valence-corrected chi connectivity index (χ0v) is 18.5. The normalized spacial score (nSPS) is 15.6. The molecule has 1 aromatic rings. The molecular weight excluding hydrogens is 374 g/mol. The van der Waals surface area contributed by atoms with Crippen molar-refractivity contribution in [2.24, 2.45) is 0 Å². The molecule has 0 amide bonds. The lowest BCUT2D eigenvalue weighted by Crippen LogP contribution is -2.49. The van der Waals surface area contributed by atoms with Gasteiger partial charge in [-0.25, -0.2) is 13.1 Å². The molecule has 142 valence electrons.